The summed E-state index contributed by atoms with van der Waals surface area (Å²) in [4.78, 5) is 38.8. The van der Waals surface area contributed by atoms with Crippen molar-refractivity contribution in [3.63, 3.8) is 0 Å². The molecule has 0 saturated carbocycles. The fraction of sp³-hybridized carbons (Fsp3) is 0.550. The van der Waals surface area contributed by atoms with Gasteiger partial charge in [-0.1, -0.05) is 23.7 Å². The highest BCUT2D eigenvalue weighted by Gasteiger charge is 2.38. The van der Waals surface area contributed by atoms with Gasteiger partial charge in [-0.15, -0.1) is 0 Å². The lowest BCUT2D eigenvalue weighted by Gasteiger charge is -2.28. The van der Waals surface area contributed by atoms with Crippen molar-refractivity contribution in [2.45, 2.75) is 57.7 Å². The molecule has 1 aromatic rings. The molecule has 2 rings (SSSR count). The van der Waals surface area contributed by atoms with Gasteiger partial charge < -0.3 is 14.8 Å². The Hall–Kier alpha value is -2.28. The Balaban J connectivity index is 2.08. The van der Waals surface area contributed by atoms with Gasteiger partial charge in [0.15, 0.2) is 0 Å². The first-order chi connectivity index (χ1) is 13.1. The first-order valence-electron chi connectivity index (χ1n) is 9.23. The fourth-order valence-electron chi connectivity index (χ4n) is 3.04. The van der Waals surface area contributed by atoms with Crippen LogP contribution in [0.25, 0.3) is 0 Å². The standard InChI is InChI=1S/C20H27ClN2O5/c1-20(2,3)28-19(26)23-11-5-6-16(23)17(24)22-15(18(25)27-4)12-13-7-9-14(21)10-8-13/h7-10,15-16H,5-6,11-12H2,1-4H3,(H,22,24)/t15-,16-/m0/s1. The van der Waals surface area contributed by atoms with Crippen molar-refractivity contribution >= 4 is 29.6 Å². The molecule has 1 aromatic carbocycles. The Kier molecular flexibility index (Phi) is 7.29. The average Bonchev–Trinajstić information content (AvgIpc) is 3.11. The van der Waals surface area contributed by atoms with E-state index in [0.717, 1.165) is 5.56 Å². The molecule has 1 heterocycles. The van der Waals surface area contributed by atoms with Crippen LogP contribution in [0.1, 0.15) is 39.2 Å². The smallest absolute Gasteiger partial charge is 0.410 e. The summed E-state index contributed by atoms with van der Waals surface area (Å²) in [6.45, 7) is 5.76. The van der Waals surface area contributed by atoms with Crippen molar-refractivity contribution in [1.82, 2.24) is 10.2 Å². The van der Waals surface area contributed by atoms with E-state index in [1.54, 1.807) is 45.0 Å². The van der Waals surface area contributed by atoms with Crippen LogP contribution in [-0.4, -0.2) is 54.2 Å². The summed E-state index contributed by atoms with van der Waals surface area (Å²) in [5.41, 5.74) is 0.180. The molecule has 154 valence electrons. The molecule has 0 spiro atoms. The largest absolute Gasteiger partial charge is 0.467 e. The number of ether oxygens (including phenoxy) is 2. The van der Waals surface area contributed by atoms with Crippen molar-refractivity contribution in [2.24, 2.45) is 0 Å². The number of halogens is 1. The van der Waals surface area contributed by atoms with Gasteiger partial charge in [0.2, 0.25) is 5.91 Å². The lowest BCUT2D eigenvalue weighted by Crippen LogP contribution is -2.52. The minimum absolute atomic E-state index is 0.259. The zero-order valence-electron chi connectivity index (χ0n) is 16.7. The second-order valence-electron chi connectivity index (χ2n) is 7.75. The third-order valence-corrected chi connectivity index (χ3v) is 4.59. The normalized spacial score (nSPS) is 17.8. The van der Waals surface area contributed by atoms with E-state index in [1.807, 2.05) is 0 Å². The Morgan fingerprint density at radius 1 is 1.25 bits per heavy atom. The maximum atomic E-state index is 12.8. The van der Waals surface area contributed by atoms with E-state index in [-0.39, 0.29) is 6.42 Å². The number of nitrogens with zero attached hydrogens (tertiary/aromatic N) is 1. The second-order valence-corrected chi connectivity index (χ2v) is 8.18. The molecule has 1 aliphatic rings. The van der Waals surface area contributed by atoms with Crippen molar-refractivity contribution in [3.05, 3.63) is 34.9 Å². The Morgan fingerprint density at radius 2 is 1.89 bits per heavy atom. The summed E-state index contributed by atoms with van der Waals surface area (Å²) in [5.74, 6) is -0.946. The van der Waals surface area contributed by atoms with E-state index in [2.05, 4.69) is 5.32 Å². The number of hydrogen-bond acceptors (Lipinski definition) is 5. The monoisotopic (exact) mass is 410 g/mol. The minimum Gasteiger partial charge on any atom is -0.467 e. The van der Waals surface area contributed by atoms with Crippen LogP contribution >= 0.6 is 11.6 Å². The molecule has 1 N–H and O–H groups in total. The van der Waals surface area contributed by atoms with Crippen molar-refractivity contribution in [1.29, 1.82) is 0 Å². The third-order valence-electron chi connectivity index (χ3n) is 4.34. The topological polar surface area (TPSA) is 84.9 Å². The molecule has 7 nitrogen and oxygen atoms in total. The molecule has 0 radical (unpaired) electrons. The molecular weight excluding hydrogens is 384 g/mol. The van der Waals surface area contributed by atoms with Gasteiger partial charge in [-0.2, -0.15) is 0 Å². The van der Waals surface area contributed by atoms with E-state index in [0.29, 0.717) is 24.4 Å². The van der Waals surface area contributed by atoms with E-state index >= 15 is 0 Å². The molecule has 0 bridgehead atoms. The molecular formula is C20H27ClN2O5. The zero-order valence-corrected chi connectivity index (χ0v) is 17.4. The number of benzene rings is 1. The quantitative estimate of drug-likeness (QED) is 0.754. The lowest BCUT2D eigenvalue weighted by molar-refractivity contribution is -0.145. The fourth-order valence-corrected chi connectivity index (χ4v) is 3.16. The van der Waals surface area contributed by atoms with E-state index < -0.39 is 35.7 Å². The van der Waals surface area contributed by atoms with E-state index in [9.17, 15) is 14.4 Å². The van der Waals surface area contributed by atoms with Gasteiger partial charge in [0.05, 0.1) is 7.11 Å². The molecule has 1 fully saturated rings. The van der Waals surface area contributed by atoms with E-state index in [4.69, 9.17) is 21.1 Å². The first kappa shape index (κ1) is 22.0. The first-order valence-corrected chi connectivity index (χ1v) is 9.61. The SMILES string of the molecule is COC(=O)[C@H](Cc1ccc(Cl)cc1)NC(=O)[C@@H]1CCCN1C(=O)OC(C)(C)C. The summed E-state index contributed by atoms with van der Waals surface area (Å²) in [6, 6.07) is 5.47. The number of nitrogens with one attached hydrogen (secondary N) is 1. The van der Waals surface area contributed by atoms with Crippen LogP contribution in [0.3, 0.4) is 0 Å². The van der Waals surface area contributed by atoms with E-state index in [1.165, 1.54) is 12.0 Å². The number of esters is 1. The molecule has 8 heteroatoms. The van der Waals surface area contributed by atoms with Crippen LogP contribution in [0.2, 0.25) is 5.02 Å². The van der Waals surface area contributed by atoms with Crippen molar-refractivity contribution in [3.8, 4) is 0 Å². The Morgan fingerprint density at radius 3 is 2.46 bits per heavy atom. The average molecular weight is 411 g/mol. The maximum absolute atomic E-state index is 12.8. The predicted molar refractivity (Wildman–Crippen MR) is 105 cm³/mol. The molecule has 0 aromatic heterocycles. The van der Waals surface area contributed by atoms with Gasteiger partial charge in [0.1, 0.15) is 17.7 Å². The van der Waals surface area contributed by atoms with Gasteiger partial charge in [0, 0.05) is 18.0 Å². The van der Waals surface area contributed by atoms with Gasteiger partial charge in [-0.05, 0) is 51.3 Å². The number of methoxy groups -OCH3 is 1. The molecule has 0 unspecified atom stereocenters. The molecule has 2 atom stereocenters. The second kappa shape index (κ2) is 9.28. The third kappa shape index (κ3) is 6.12. The molecule has 28 heavy (non-hydrogen) atoms. The molecule has 1 aliphatic heterocycles. The van der Waals surface area contributed by atoms with Crippen LogP contribution in [0.5, 0.6) is 0 Å². The summed E-state index contributed by atoms with van der Waals surface area (Å²) >= 11 is 5.89. The number of likely N-dealkylation sites (tertiary alicyclic amines) is 1. The number of hydrogen-bond donors (Lipinski definition) is 1. The van der Waals surface area contributed by atoms with Gasteiger partial charge in [-0.25, -0.2) is 9.59 Å². The minimum atomic E-state index is -0.861. The molecule has 0 aliphatic carbocycles. The number of rotatable bonds is 5. The van der Waals surface area contributed by atoms with Crippen LogP contribution < -0.4 is 5.32 Å². The summed E-state index contributed by atoms with van der Waals surface area (Å²) in [7, 11) is 1.27. The number of amides is 2. The van der Waals surface area contributed by atoms with Crippen molar-refractivity contribution in [2.75, 3.05) is 13.7 Å². The Labute approximate surface area is 170 Å². The van der Waals surface area contributed by atoms with Crippen LogP contribution in [0.4, 0.5) is 4.79 Å². The number of carbonyl (C=O) groups is 3. The molecule has 1 saturated heterocycles. The summed E-state index contributed by atoms with van der Waals surface area (Å²) < 4.78 is 10.2. The maximum Gasteiger partial charge on any atom is 0.410 e. The van der Waals surface area contributed by atoms with Crippen molar-refractivity contribution < 1.29 is 23.9 Å². The van der Waals surface area contributed by atoms with Gasteiger partial charge >= 0.3 is 12.1 Å². The highest BCUT2D eigenvalue weighted by molar-refractivity contribution is 6.30. The lowest BCUT2D eigenvalue weighted by atomic mass is 10.1. The summed E-state index contributed by atoms with van der Waals surface area (Å²) in [6.07, 6.45) is 0.934. The van der Waals surface area contributed by atoms with Crippen LogP contribution in [0.15, 0.2) is 24.3 Å². The molecule has 2 amide bonds. The number of carbonyl (C=O) groups excluding carboxylic acids is 3. The van der Waals surface area contributed by atoms with Crippen LogP contribution in [0, 0.1) is 0 Å². The highest BCUT2D eigenvalue weighted by Crippen LogP contribution is 2.21. The van der Waals surface area contributed by atoms with Gasteiger partial charge in [0.25, 0.3) is 0 Å². The van der Waals surface area contributed by atoms with Gasteiger partial charge in [-0.3, -0.25) is 9.69 Å². The van der Waals surface area contributed by atoms with Crippen LogP contribution in [-0.2, 0) is 25.5 Å². The highest BCUT2D eigenvalue weighted by atomic mass is 35.5. The summed E-state index contributed by atoms with van der Waals surface area (Å²) in [5, 5.41) is 3.31. The Bertz CT molecular complexity index is 714. The predicted octanol–water partition coefficient (Wildman–Crippen LogP) is 2.94. The zero-order chi connectivity index (χ0) is 20.9.